The second-order valence-electron chi connectivity index (χ2n) is 8.88. The minimum absolute atomic E-state index is 0.0582. The van der Waals surface area contributed by atoms with Gasteiger partial charge < -0.3 is 14.8 Å². The summed E-state index contributed by atoms with van der Waals surface area (Å²) in [7, 11) is 0. The van der Waals surface area contributed by atoms with Crippen LogP contribution in [0.3, 0.4) is 0 Å². The van der Waals surface area contributed by atoms with Crippen LogP contribution < -0.4 is 10.1 Å². The van der Waals surface area contributed by atoms with Crippen LogP contribution in [0, 0.1) is 0 Å². The first-order valence-electron chi connectivity index (χ1n) is 10.9. The van der Waals surface area contributed by atoms with Crippen LogP contribution >= 0.6 is 0 Å². The predicted molar refractivity (Wildman–Crippen MR) is 121 cm³/mol. The van der Waals surface area contributed by atoms with Gasteiger partial charge in [0.15, 0.2) is 5.82 Å². The number of hydrogen-bond donors (Lipinski definition) is 1. The highest BCUT2D eigenvalue weighted by Crippen LogP contribution is 2.38. The molecule has 2 heterocycles. The summed E-state index contributed by atoms with van der Waals surface area (Å²) in [4.78, 5) is 16.6. The summed E-state index contributed by atoms with van der Waals surface area (Å²) in [5, 5.41) is 11.9. The van der Waals surface area contributed by atoms with E-state index >= 15 is 0 Å². The van der Waals surface area contributed by atoms with Gasteiger partial charge in [0.25, 0.3) is 0 Å². The highest BCUT2D eigenvalue weighted by Gasteiger charge is 2.36. The van der Waals surface area contributed by atoms with Gasteiger partial charge in [0.2, 0.25) is 0 Å². The number of pyridine rings is 1. The molecule has 1 aromatic carbocycles. The molecule has 2 aromatic heterocycles. The van der Waals surface area contributed by atoms with Crippen molar-refractivity contribution in [3.63, 3.8) is 0 Å². The van der Waals surface area contributed by atoms with Crippen molar-refractivity contribution in [3.8, 4) is 23.0 Å². The van der Waals surface area contributed by atoms with E-state index in [4.69, 9.17) is 9.47 Å². The molecule has 8 heteroatoms. The summed E-state index contributed by atoms with van der Waals surface area (Å²) in [5.41, 5.74) is 1.18. The summed E-state index contributed by atoms with van der Waals surface area (Å²) in [6, 6.07) is 13.9. The van der Waals surface area contributed by atoms with E-state index < -0.39 is 5.60 Å². The summed E-state index contributed by atoms with van der Waals surface area (Å²) in [6.07, 6.45) is 2.87. The number of rotatable bonds is 6. The van der Waals surface area contributed by atoms with E-state index in [2.05, 4.69) is 25.1 Å². The molecule has 1 fully saturated rings. The number of hydrogen-bond acceptors (Lipinski definition) is 6. The Morgan fingerprint density at radius 2 is 1.88 bits per heavy atom. The van der Waals surface area contributed by atoms with E-state index in [1.165, 1.54) is 0 Å². The second-order valence-corrected chi connectivity index (χ2v) is 8.88. The summed E-state index contributed by atoms with van der Waals surface area (Å²) in [6.45, 7) is 8.10. The lowest BCUT2D eigenvalue weighted by atomic mass is 9.79. The lowest BCUT2D eigenvalue weighted by molar-refractivity contribution is 0.0469. The van der Waals surface area contributed by atoms with Crippen LogP contribution in [0.2, 0.25) is 0 Å². The van der Waals surface area contributed by atoms with E-state index in [0.29, 0.717) is 12.4 Å². The quantitative estimate of drug-likeness (QED) is 0.613. The average Bonchev–Trinajstić information content (AvgIpc) is 3.15. The molecular formula is C24H29N5O3. The number of aromatic nitrogens is 4. The molecule has 1 aliphatic carbocycles. The fourth-order valence-electron chi connectivity index (χ4n) is 3.74. The second kappa shape index (κ2) is 8.98. The van der Waals surface area contributed by atoms with Crippen LogP contribution in [0.15, 0.2) is 48.7 Å². The fourth-order valence-corrected chi connectivity index (χ4v) is 3.74. The lowest BCUT2D eigenvalue weighted by Gasteiger charge is -2.35. The van der Waals surface area contributed by atoms with Crippen molar-refractivity contribution >= 4 is 6.09 Å². The van der Waals surface area contributed by atoms with E-state index in [9.17, 15) is 4.79 Å². The molecule has 168 valence electrons. The van der Waals surface area contributed by atoms with Crippen molar-refractivity contribution in [1.82, 2.24) is 25.1 Å². The van der Waals surface area contributed by atoms with E-state index in [1.807, 2.05) is 70.2 Å². The number of carbonyl (C=O) groups excluding carboxylic acids is 1. The maximum atomic E-state index is 12.1. The Bertz CT molecular complexity index is 1050. The number of nitrogens with one attached hydrogen (secondary N) is 1. The van der Waals surface area contributed by atoms with Crippen LogP contribution in [0.25, 0.3) is 17.2 Å². The molecule has 1 aliphatic rings. The molecule has 0 aliphatic heterocycles. The van der Waals surface area contributed by atoms with Crippen LogP contribution in [0.5, 0.6) is 5.75 Å². The third kappa shape index (κ3) is 4.90. The van der Waals surface area contributed by atoms with Crippen molar-refractivity contribution < 1.29 is 14.3 Å². The van der Waals surface area contributed by atoms with Gasteiger partial charge in [-0.15, -0.1) is 10.2 Å². The molecular weight excluding hydrogens is 406 g/mol. The maximum Gasteiger partial charge on any atom is 0.407 e. The summed E-state index contributed by atoms with van der Waals surface area (Å²) in [5.74, 6) is 2.44. The number of ether oxygens (including phenoxy) is 2. The molecule has 4 rings (SSSR count). The van der Waals surface area contributed by atoms with Crippen LogP contribution in [-0.2, 0) is 4.74 Å². The predicted octanol–water partition coefficient (Wildman–Crippen LogP) is 4.50. The van der Waals surface area contributed by atoms with Gasteiger partial charge in [-0.05, 0) is 64.8 Å². The first-order chi connectivity index (χ1) is 15.3. The molecule has 0 unspecified atom stereocenters. The minimum Gasteiger partial charge on any atom is -0.492 e. The Morgan fingerprint density at radius 3 is 2.50 bits per heavy atom. The molecule has 0 bridgehead atoms. The highest BCUT2D eigenvalue weighted by atomic mass is 16.6. The zero-order valence-corrected chi connectivity index (χ0v) is 18.9. The van der Waals surface area contributed by atoms with Crippen molar-refractivity contribution in [1.29, 1.82) is 0 Å². The fraction of sp³-hybridized carbons (Fsp3) is 0.417. The molecule has 0 atom stereocenters. The molecule has 0 spiro atoms. The maximum absolute atomic E-state index is 12.1. The minimum atomic E-state index is -0.514. The Kier molecular flexibility index (Phi) is 6.12. The third-order valence-corrected chi connectivity index (χ3v) is 5.20. The summed E-state index contributed by atoms with van der Waals surface area (Å²) < 4.78 is 12.9. The third-order valence-electron chi connectivity index (χ3n) is 5.20. The number of carbonyl (C=O) groups is 1. The standard InChI is InChI=1S/C24H29N5O3/c1-5-31-19-11-12-20(25-15-19)22-28-27-21(29(22)18-9-7-6-8-10-18)16-13-17(14-16)26-23(30)32-24(2,3)4/h6-12,15-17H,5,13-14H2,1-4H3,(H,26,30). The number of nitrogens with zero attached hydrogens (tertiary/aromatic N) is 4. The number of benzene rings is 1. The number of para-hydroxylation sites is 1. The zero-order valence-electron chi connectivity index (χ0n) is 18.9. The monoisotopic (exact) mass is 435 g/mol. The normalized spacial score (nSPS) is 18.0. The Labute approximate surface area is 188 Å². The molecule has 1 saturated carbocycles. The first-order valence-corrected chi connectivity index (χ1v) is 10.9. The van der Waals surface area contributed by atoms with Gasteiger partial charge >= 0.3 is 6.09 Å². The lowest BCUT2D eigenvalue weighted by Crippen LogP contribution is -2.45. The largest absolute Gasteiger partial charge is 0.492 e. The van der Waals surface area contributed by atoms with Gasteiger partial charge in [-0.3, -0.25) is 4.57 Å². The number of alkyl carbamates (subject to hydrolysis) is 1. The van der Waals surface area contributed by atoms with E-state index in [0.717, 1.165) is 35.8 Å². The van der Waals surface area contributed by atoms with Crippen molar-refractivity contribution in [3.05, 3.63) is 54.5 Å². The highest BCUT2D eigenvalue weighted by molar-refractivity contribution is 5.68. The Balaban J connectivity index is 1.56. The van der Waals surface area contributed by atoms with Gasteiger partial charge in [-0.1, -0.05) is 18.2 Å². The SMILES string of the molecule is CCOc1ccc(-c2nnc(C3CC(NC(=O)OC(C)(C)C)C3)n2-c2ccccc2)nc1. The summed E-state index contributed by atoms with van der Waals surface area (Å²) >= 11 is 0. The van der Waals surface area contributed by atoms with Gasteiger partial charge in [0.05, 0.1) is 12.8 Å². The van der Waals surface area contributed by atoms with Gasteiger partial charge in [-0.25, -0.2) is 9.78 Å². The molecule has 0 radical (unpaired) electrons. The van der Waals surface area contributed by atoms with Crippen molar-refractivity contribution in [2.45, 2.75) is 58.1 Å². The molecule has 1 amide bonds. The van der Waals surface area contributed by atoms with Crippen molar-refractivity contribution in [2.75, 3.05) is 6.61 Å². The topological polar surface area (TPSA) is 91.2 Å². The van der Waals surface area contributed by atoms with Crippen LogP contribution in [0.1, 0.15) is 52.3 Å². The van der Waals surface area contributed by atoms with Crippen LogP contribution in [-0.4, -0.2) is 44.1 Å². The zero-order chi connectivity index (χ0) is 22.7. The molecule has 3 aromatic rings. The van der Waals surface area contributed by atoms with Gasteiger partial charge in [-0.2, -0.15) is 0 Å². The van der Waals surface area contributed by atoms with E-state index in [-0.39, 0.29) is 18.1 Å². The molecule has 32 heavy (non-hydrogen) atoms. The molecule has 0 saturated heterocycles. The van der Waals surface area contributed by atoms with Gasteiger partial charge in [0, 0.05) is 17.6 Å². The average molecular weight is 436 g/mol. The van der Waals surface area contributed by atoms with Gasteiger partial charge in [0.1, 0.15) is 22.9 Å². The van der Waals surface area contributed by atoms with Crippen molar-refractivity contribution in [2.24, 2.45) is 0 Å². The van der Waals surface area contributed by atoms with Crippen LogP contribution in [0.4, 0.5) is 4.79 Å². The first kappa shape index (κ1) is 21.8. The van der Waals surface area contributed by atoms with E-state index in [1.54, 1.807) is 6.20 Å². The number of amides is 1. The Hall–Kier alpha value is -3.42. The smallest absolute Gasteiger partial charge is 0.407 e. The Morgan fingerprint density at radius 1 is 1.12 bits per heavy atom. The molecule has 8 nitrogen and oxygen atoms in total. The molecule has 1 N–H and O–H groups in total.